The highest BCUT2D eigenvalue weighted by Gasteiger charge is 2.25. The number of nitrogens with one attached hydrogen (secondary N) is 1. The van der Waals surface area contributed by atoms with Crippen molar-refractivity contribution in [2.24, 2.45) is 0 Å². The first-order chi connectivity index (χ1) is 11.4. The van der Waals surface area contributed by atoms with Gasteiger partial charge in [0.25, 0.3) is 0 Å². The van der Waals surface area contributed by atoms with Crippen LogP contribution in [0, 0.1) is 6.92 Å². The van der Waals surface area contributed by atoms with Gasteiger partial charge in [-0.05, 0) is 37.6 Å². The highest BCUT2D eigenvalue weighted by molar-refractivity contribution is 7.86. The molecule has 0 spiro atoms. The summed E-state index contributed by atoms with van der Waals surface area (Å²) >= 11 is 5.79. The molecule has 3 rings (SSSR count). The molecule has 1 aliphatic rings. The normalized spacial score (nSPS) is 18.1. The van der Waals surface area contributed by atoms with Gasteiger partial charge in [0, 0.05) is 13.1 Å². The van der Waals surface area contributed by atoms with Crippen molar-refractivity contribution in [2.75, 3.05) is 18.0 Å². The first kappa shape index (κ1) is 17.2. The summed E-state index contributed by atoms with van der Waals surface area (Å²) < 4.78 is 29.3. The molecule has 0 bridgehead atoms. The summed E-state index contributed by atoms with van der Waals surface area (Å²) in [5, 5.41) is 0.445. The fourth-order valence-electron chi connectivity index (χ4n) is 2.53. The summed E-state index contributed by atoms with van der Waals surface area (Å²) in [6.45, 7) is 3.32. The average molecular weight is 368 g/mol. The number of pyridine rings is 1. The first-order valence-electron chi connectivity index (χ1n) is 7.56. The Bertz CT molecular complexity index is 794. The van der Waals surface area contributed by atoms with Crippen molar-refractivity contribution in [3.63, 3.8) is 0 Å². The van der Waals surface area contributed by atoms with Crippen LogP contribution < -0.4 is 10.4 Å². The van der Waals surface area contributed by atoms with E-state index >= 15 is 0 Å². The zero-order chi connectivity index (χ0) is 17.2. The maximum absolute atomic E-state index is 12.2. The molecule has 0 amide bonds. The summed E-state index contributed by atoms with van der Waals surface area (Å²) in [6.07, 6.45) is 2.47. The van der Waals surface area contributed by atoms with E-state index in [-0.39, 0.29) is 10.9 Å². The molecule has 1 saturated heterocycles. The minimum absolute atomic E-state index is 0.0825. The molecule has 1 unspecified atom stereocenters. The van der Waals surface area contributed by atoms with Crippen LogP contribution >= 0.6 is 11.6 Å². The standard InChI is InChI=1S/C16H18ClN3O3S/c1-12-2-5-15(6-3-12)24(21,22)23-19-13-8-9-20(11-13)14-4-7-16(17)18-10-14/h2-7,10,13,19H,8-9,11H2,1H3. The molecule has 8 heteroatoms. The number of hydrogen-bond acceptors (Lipinski definition) is 6. The number of hydroxylamine groups is 1. The van der Waals surface area contributed by atoms with Gasteiger partial charge in [-0.1, -0.05) is 29.3 Å². The van der Waals surface area contributed by atoms with E-state index in [1.165, 1.54) is 12.1 Å². The predicted octanol–water partition coefficient (Wildman–Crippen LogP) is 2.53. The Balaban J connectivity index is 1.57. The van der Waals surface area contributed by atoms with Crippen LogP contribution in [0.1, 0.15) is 12.0 Å². The molecule has 0 radical (unpaired) electrons. The van der Waals surface area contributed by atoms with Crippen molar-refractivity contribution in [1.29, 1.82) is 0 Å². The summed E-state index contributed by atoms with van der Waals surface area (Å²) in [4.78, 5) is 6.29. The number of anilines is 1. The number of aromatic nitrogens is 1. The third kappa shape index (κ3) is 4.05. The lowest BCUT2D eigenvalue weighted by Crippen LogP contribution is -2.34. The second kappa shape index (κ2) is 7.06. The Morgan fingerprint density at radius 1 is 1.25 bits per heavy atom. The molecule has 128 valence electrons. The Morgan fingerprint density at radius 2 is 2.00 bits per heavy atom. The quantitative estimate of drug-likeness (QED) is 0.646. The molecule has 0 aliphatic carbocycles. The number of benzene rings is 1. The van der Waals surface area contributed by atoms with Crippen LogP contribution in [0.3, 0.4) is 0 Å². The van der Waals surface area contributed by atoms with Crippen LogP contribution in [0.25, 0.3) is 0 Å². The minimum atomic E-state index is -3.81. The van der Waals surface area contributed by atoms with Crippen molar-refractivity contribution in [3.8, 4) is 0 Å². The fourth-order valence-corrected chi connectivity index (χ4v) is 3.47. The van der Waals surface area contributed by atoms with Crippen molar-refractivity contribution < 1.29 is 12.7 Å². The van der Waals surface area contributed by atoms with Crippen LogP contribution in [0.5, 0.6) is 0 Å². The number of aryl methyl sites for hydroxylation is 1. The van der Waals surface area contributed by atoms with Gasteiger partial charge in [0.15, 0.2) is 0 Å². The lowest BCUT2D eigenvalue weighted by molar-refractivity contribution is 0.170. The van der Waals surface area contributed by atoms with Gasteiger partial charge in [-0.25, -0.2) is 4.98 Å². The monoisotopic (exact) mass is 367 g/mol. The van der Waals surface area contributed by atoms with E-state index in [1.54, 1.807) is 24.4 Å². The highest BCUT2D eigenvalue weighted by atomic mass is 35.5. The van der Waals surface area contributed by atoms with Crippen molar-refractivity contribution in [2.45, 2.75) is 24.3 Å². The number of halogens is 1. The van der Waals surface area contributed by atoms with E-state index in [9.17, 15) is 8.42 Å². The molecule has 6 nitrogen and oxygen atoms in total. The Morgan fingerprint density at radius 3 is 2.67 bits per heavy atom. The summed E-state index contributed by atoms with van der Waals surface area (Å²) in [7, 11) is -3.81. The van der Waals surface area contributed by atoms with E-state index < -0.39 is 10.1 Å². The Kier molecular flexibility index (Phi) is 5.05. The zero-order valence-corrected chi connectivity index (χ0v) is 14.7. The van der Waals surface area contributed by atoms with Gasteiger partial charge in [0.2, 0.25) is 0 Å². The van der Waals surface area contributed by atoms with Gasteiger partial charge >= 0.3 is 10.1 Å². The highest BCUT2D eigenvalue weighted by Crippen LogP contribution is 2.21. The third-order valence-electron chi connectivity index (χ3n) is 3.90. The Hall–Kier alpha value is -1.67. The largest absolute Gasteiger partial charge is 0.369 e. The molecule has 1 atom stereocenters. The maximum Gasteiger partial charge on any atom is 0.312 e. The van der Waals surface area contributed by atoms with Crippen molar-refractivity contribution >= 4 is 27.4 Å². The lowest BCUT2D eigenvalue weighted by Gasteiger charge is -2.18. The summed E-state index contributed by atoms with van der Waals surface area (Å²) in [6, 6.07) is 10.1. The van der Waals surface area contributed by atoms with E-state index in [0.29, 0.717) is 11.7 Å². The molecular formula is C16H18ClN3O3S. The molecular weight excluding hydrogens is 350 g/mol. The van der Waals surface area contributed by atoms with Crippen molar-refractivity contribution in [3.05, 3.63) is 53.3 Å². The van der Waals surface area contributed by atoms with Gasteiger partial charge in [-0.3, -0.25) is 0 Å². The number of rotatable bonds is 5. The molecule has 1 aliphatic heterocycles. The topological polar surface area (TPSA) is 71.5 Å². The summed E-state index contributed by atoms with van der Waals surface area (Å²) in [5.74, 6) is 0. The molecule has 1 aromatic carbocycles. The molecule has 0 saturated carbocycles. The smallest absolute Gasteiger partial charge is 0.312 e. The van der Waals surface area contributed by atoms with Gasteiger partial charge in [0.1, 0.15) is 5.15 Å². The molecule has 2 heterocycles. The number of hydrogen-bond donors (Lipinski definition) is 1. The second-order valence-corrected chi connectivity index (χ2v) is 7.67. The molecule has 2 aromatic rings. The van der Waals surface area contributed by atoms with Gasteiger partial charge in [-0.15, -0.1) is 0 Å². The predicted molar refractivity (Wildman–Crippen MR) is 92.5 cm³/mol. The maximum atomic E-state index is 12.2. The lowest BCUT2D eigenvalue weighted by atomic mass is 10.2. The van der Waals surface area contributed by atoms with Crippen LogP contribution in [0.4, 0.5) is 5.69 Å². The van der Waals surface area contributed by atoms with Gasteiger partial charge in [0.05, 0.1) is 22.8 Å². The van der Waals surface area contributed by atoms with E-state index in [0.717, 1.165) is 24.2 Å². The van der Waals surface area contributed by atoms with E-state index in [2.05, 4.69) is 15.4 Å². The number of nitrogens with zero attached hydrogens (tertiary/aromatic N) is 2. The van der Waals surface area contributed by atoms with Crippen LogP contribution in [0.15, 0.2) is 47.5 Å². The average Bonchev–Trinajstić information content (AvgIpc) is 3.03. The van der Waals surface area contributed by atoms with E-state index in [1.807, 2.05) is 13.0 Å². The fraction of sp³-hybridized carbons (Fsp3) is 0.312. The second-order valence-electron chi connectivity index (χ2n) is 5.74. The van der Waals surface area contributed by atoms with E-state index in [4.69, 9.17) is 15.9 Å². The third-order valence-corrected chi connectivity index (χ3v) is 5.29. The molecule has 1 N–H and O–H groups in total. The van der Waals surface area contributed by atoms with Gasteiger partial charge in [-0.2, -0.15) is 18.2 Å². The molecule has 1 aromatic heterocycles. The Labute approximate surface area is 146 Å². The zero-order valence-electron chi connectivity index (χ0n) is 13.1. The van der Waals surface area contributed by atoms with Crippen LogP contribution in [-0.4, -0.2) is 32.5 Å². The van der Waals surface area contributed by atoms with Gasteiger partial charge < -0.3 is 4.90 Å². The van der Waals surface area contributed by atoms with Crippen LogP contribution in [0.2, 0.25) is 5.15 Å². The molecule has 1 fully saturated rings. The van der Waals surface area contributed by atoms with Crippen molar-refractivity contribution in [1.82, 2.24) is 10.5 Å². The SMILES string of the molecule is Cc1ccc(S(=O)(=O)ONC2CCN(c3ccc(Cl)nc3)C2)cc1. The summed E-state index contributed by atoms with van der Waals surface area (Å²) in [5.41, 5.74) is 4.61. The molecule has 24 heavy (non-hydrogen) atoms. The minimum Gasteiger partial charge on any atom is -0.369 e. The van der Waals surface area contributed by atoms with Crippen LogP contribution in [-0.2, 0) is 14.4 Å². The first-order valence-corrected chi connectivity index (χ1v) is 9.35.